The molecule has 1 saturated heterocycles. The SMILES string of the molecule is Cc1cccc(NC(=O)N2CCO[C@@H](c3cnn(C)c3)C2)n1. The minimum absolute atomic E-state index is 0.140. The summed E-state index contributed by atoms with van der Waals surface area (Å²) in [5.41, 5.74) is 1.85. The summed E-state index contributed by atoms with van der Waals surface area (Å²) in [5, 5.41) is 6.98. The van der Waals surface area contributed by atoms with E-state index in [0.29, 0.717) is 25.5 Å². The third-order valence-corrected chi connectivity index (χ3v) is 3.57. The van der Waals surface area contributed by atoms with Crippen LogP contribution in [-0.2, 0) is 11.8 Å². The predicted molar refractivity (Wildman–Crippen MR) is 81.5 cm³/mol. The van der Waals surface area contributed by atoms with Gasteiger partial charge in [-0.2, -0.15) is 5.10 Å². The molecule has 7 heteroatoms. The highest BCUT2D eigenvalue weighted by Gasteiger charge is 2.26. The van der Waals surface area contributed by atoms with E-state index in [1.807, 2.05) is 32.3 Å². The normalized spacial score (nSPS) is 18.3. The van der Waals surface area contributed by atoms with Crippen molar-refractivity contribution >= 4 is 11.8 Å². The molecule has 2 amide bonds. The number of nitrogens with zero attached hydrogens (tertiary/aromatic N) is 4. The first-order valence-corrected chi connectivity index (χ1v) is 7.21. The van der Waals surface area contributed by atoms with Crippen LogP contribution in [0.4, 0.5) is 10.6 Å². The second-order valence-electron chi connectivity index (χ2n) is 5.35. The Labute approximate surface area is 128 Å². The maximum atomic E-state index is 12.4. The molecule has 3 rings (SSSR count). The van der Waals surface area contributed by atoms with Crippen LogP contribution < -0.4 is 5.32 Å². The Hall–Kier alpha value is -2.41. The van der Waals surface area contributed by atoms with Crippen molar-refractivity contribution in [2.75, 3.05) is 25.0 Å². The minimum atomic E-state index is -0.157. The molecule has 1 atom stereocenters. The number of anilines is 1. The van der Waals surface area contributed by atoms with Gasteiger partial charge in [0.05, 0.1) is 19.3 Å². The molecule has 0 bridgehead atoms. The van der Waals surface area contributed by atoms with Crippen LogP contribution in [0.1, 0.15) is 17.4 Å². The lowest BCUT2D eigenvalue weighted by Gasteiger charge is -2.32. The Bertz CT molecular complexity index is 669. The van der Waals surface area contributed by atoms with Gasteiger partial charge in [-0.1, -0.05) is 6.07 Å². The minimum Gasteiger partial charge on any atom is -0.370 e. The van der Waals surface area contributed by atoms with Crippen molar-refractivity contribution < 1.29 is 9.53 Å². The summed E-state index contributed by atoms with van der Waals surface area (Å²) in [6, 6.07) is 5.39. The van der Waals surface area contributed by atoms with Crippen molar-refractivity contribution in [2.24, 2.45) is 7.05 Å². The standard InChI is InChI=1S/C15H19N5O2/c1-11-4-3-5-14(17-11)18-15(21)20-6-7-22-13(10-20)12-8-16-19(2)9-12/h3-5,8-9,13H,6-7,10H2,1-2H3,(H,17,18,21)/t13-/m1/s1. The predicted octanol–water partition coefficient (Wildman–Crippen LogP) is 1.73. The fraction of sp³-hybridized carbons (Fsp3) is 0.400. The summed E-state index contributed by atoms with van der Waals surface area (Å²) in [6.45, 7) is 3.47. The number of rotatable bonds is 2. The molecular formula is C15H19N5O2. The number of aryl methyl sites for hydroxylation is 2. The Kier molecular flexibility index (Phi) is 4.06. The Balaban J connectivity index is 1.65. The maximum Gasteiger partial charge on any atom is 0.323 e. The third kappa shape index (κ3) is 3.25. The van der Waals surface area contributed by atoms with E-state index in [-0.39, 0.29) is 12.1 Å². The molecule has 0 radical (unpaired) electrons. The summed E-state index contributed by atoms with van der Waals surface area (Å²) in [7, 11) is 1.86. The highest BCUT2D eigenvalue weighted by Crippen LogP contribution is 2.22. The number of pyridine rings is 1. The molecule has 3 heterocycles. The van der Waals surface area contributed by atoms with Gasteiger partial charge in [-0.25, -0.2) is 9.78 Å². The van der Waals surface area contributed by atoms with Crippen LogP contribution in [0.5, 0.6) is 0 Å². The third-order valence-electron chi connectivity index (χ3n) is 3.57. The summed E-state index contributed by atoms with van der Waals surface area (Å²) >= 11 is 0. The van der Waals surface area contributed by atoms with Gasteiger partial charge in [0, 0.05) is 31.0 Å². The van der Waals surface area contributed by atoms with Crippen molar-refractivity contribution in [3.8, 4) is 0 Å². The summed E-state index contributed by atoms with van der Waals surface area (Å²) in [5.74, 6) is 0.564. The number of carbonyl (C=O) groups is 1. The van der Waals surface area contributed by atoms with Crippen LogP contribution in [-0.4, -0.2) is 45.4 Å². The van der Waals surface area contributed by atoms with Crippen LogP contribution >= 0.6 is 0 Å². The Morgan fingerprint density at radius 1 is 1.45 bits per heavy atom. The largest absolute Gasteiger partial charge is 0.370 e. The summed E-state index contributed by atoms with van der Waals surface area (Å²) < 4.78 is 7.47. The van der Waals surface area contributed by atoms with E-state index >= 15 is 0 Å². The molecule has 1 aliphatic rings. The van der Waals surface area contributed by atoms with E-state index in [1.165, 1.54) is 0 Å². The van der Waals surface area contributed by atoms with E-state index in [2.05, 4.69) is 15.4 Å². The molecule has 0 unspecified atom stereocenters. The van der Waals surface area contributed by atoms with Gasteiger partial charge in [-0.15, -0.1) is 0 Å². The first kappa shape index (κ1) is 14.5. The fourth-order valence-electron chi connectivity index (χ4n) is 2.44. The molecule has 0 spiro atoms. The van der Waals surface area contributed by atoms with Crippen LogP contribution in [0.3, 0.4) is 0 Å². The topological polar surface area (TPSA) is 72.3 Å². The number of aromatic nitrogens is 3. The average Bonchev–Trinajstić information content (AvgIpc) is 2.94. The van der Waals surface area contributed by atoms with Gasteiger partial charge in [0.1, 0.15) is 11.9 Å². The number of carbonyl (C=O) groups excluding carboxylic acids is 1. The average molecular weight is 301 g/mol. The van der Waals surface area contributed by atoms with Crippen LogP contribution in [0.15, 0.2) is 30.6 Å². The first-order valence-electron chi connectivity index (χ1n) is 7.21. The number of morpholine rings is 1. The van der Waals surface area contributed by atoms with E-state index in [9.17, 15) is 4.79 Å². The maximum absolute atomic E-state index is 12.4. The zero-order chi connectivity index (χ0) is 15.5. The van der Waals surface area contributed by atoms with Gasteiger partial charge >= 0.3 is 6.03 Å². The van der Waals surface area contributed by atoms with Gasteiger partial charge < -0.3 is 9.64 Å². The molecule has 116 valence electrons. The smallest absolute Gasteiger partial charge is 0.323 e. The molecule has 2 aromatic rings. The second-order valence-corrected chi connectivity index (χ2v) is 5.35. The highest BCUT2D eigenvalue weighted by atomic mass is 16.5. The van der Waals surface area contributed by atoms with Crippen molar-refractivity contribution in [2.45, 2.75) is 13.0 Å². The number of urea groups is 1. The van der Waals surface area contributed by atoms with Gasteiger partial charge in [0.15, 0.2) is 0 Å². The highest BCUT2D eigenvalue weighted by molar-refractivity contribution is 5.88. The summed E-state index contributed by atoms with van der Waals surface area (Å²) in [6.07, 6.45) is 3.54. The van der Waals surface area contributed by atoms with E-state index < -0.39 is 0 Å². The van der Waals surface area contributed by atoms with Gasteiger partial charge in [0.25, 0.3) is 0 Å². The van der Waals surface area contributed by atoms with Crippen molar-refractivity contribution in [3.63, 3.8) is 0 Å². The zero-order valence-electron chi connectivity index (χ0n) is 12.7. The number of amides is 2. The van der Waals surface area contributed by atoms with E-state index in [4.69, 9.17) is 4.74 Å². The van der Waals surface area contributed by atoms with Crippen LogP contribution in [0, 0.1) is 6.92 Å². The molecule has 22 heavy (non-hydrogen) atoms. The van der Waals surface area contributed by atoms with Crippen molar-refractivity contribution in [1.29, 1.82) is 0 Å². The number of nitrogens with one attached hydrogen (secondary N) is 1. The molecular weight excluding hydrogens is 282 g/mol. The van der Waals surface area contributed by atoms with Gasteiger partial charge in [-0.3, -0.25) is 10.00 Å². The Morgan fingerprint density at radius 2 is 2.32 bits per heavy atom. The second kappa shape index (κ2) is 6.15. The van der Waals surface area contributed by atoms with Gasteiger partial charge in [-0.05, 0) is 19.1 Å². The molecule has 1 aliphatic heterocycles. The molecule has 7 nitrogen and oxygen atoms in total. The first-order chi connectivity index (χ1) is 10.6. The van der Waals surface area contributed by atoms with E-state index in [1.54, 1.807) is 21.8 Å². The van der Waals surface area contributed by atoms with E-state index in [0.717, 1.165) is 11.3 Å². The fourth-order valence-corrected chi connectivity index (χ4v) is 2.44. The molecule has 0 aromatic carbocycles. The molecule has 1 N–H and O–H groups in total. The lowest BCUT2D eigenvalue weighted by atomic mass is 10.1. The Morgan fingerprint density at radius 3 is 3.05 bits per heavy atom. The quantitative estimate of drug-likeness (QED) is 0.917. The van der Waals surface area contributed by atoms with Crippen LogP contribution in [0.2, 0.25) is 0 Å². The number of ether oxygens (including phenoxy) is 1. The van der Waals surface area contributed by atoms with Crippen LogP contribution in [0.25, 0.3) is 0 Å². The lowest BCUT2D eigenvalue weighted by Crippen LogP contribution is -2.44. The lowest BCUT2D eigenvalue weighted by molar-refractivity contribution is -0.0135. The summed E-state index contributed by atoms with van der Waals surface area (Å²) in [4.78, 5) is 18.4. The number of hydrogen-bond acceptors (Lipinski definition) is 4. The zero-order valence-corrected chi connectivity index (χ0v) is 12.7. The molecule has 0 aliphatic carbocycles. The number of hydrogen-bond donors (Lipinski definition) is 1. The monoisotopic (exact) mass is 301 g/mol. The molecule has 0 saturated carbocycles. The molecule has 2 aromatic heterocycles. The van der Waals surface area contributed by atoms with Gasteiger partial charge in [0.2, 0.25) is 0 Å². The van der Waals surface area contributed by atoms with Crippen molar-refractivity contribution in [1.82, 2.24) is 19.7 Å². The van der Waals surface area contributed by atoms with Crippen molar-refractivity contribution in [3.05, 3.63) is 41.9 Å². The molecule has 1 fully saturated rings.